The van der Waals surface area contributed by atoms with Crippen LogP contribution in [-0.2, 0) is 0 Å². The van der Waals surface area contributed by atoms with Crippen molar-refractivity contribution in [3.8, 4) is 0 Å². The largest absolute Gasteiger partial charge is 0.389 e. The monoisotopic (exact) mass is 283 g/mol. The summed E-state index contributed by atoms with van der Waals surface area (Å²) in [5, 5.41) is 13.8. The second-order valence-corrected chi connectivity index (χ2v) is 5.93. The Hall–Kier alpha value is -1.64. The molecule has 2 nitrogen and oxygen atoms in total. The highest BCUT2D eigenvalue weighted by molar-refractivity contribution is 5.36. The second-order valence-electron chi connectivity index (χ2n) is 5.93. The summed E-state index contributed by atoms with van der Waals surface area (Å²) < 4.78 is 0. The molecule has 2 heteroatoms. The van der Waals surface area contributed by atoms with Crippen LogP contribution in [0.4, 0.5) is 0 Å². The molecule has 0 radical (unpaired) electrons. The standard InChI is InChI=1S/C19H25NO/c1-4-19(3,21)14-20-18(16-11-6-5-7-12-16)17-13-9-8-10-15(17)2/h5-13,18,20-21H,4,14H2,1-3H3. The molecule has 0 saturated carbocycles. The van der Waals surface area contributed by atoms with E-state index >= 15 is 0 Å². The molecule has 2 aromatic carbocycles. The Labute approximate surface area is 127 Å². The van der Waals surface area contributed by atoms with Crippen LogP contribution in [0.2, 0.25) is 0 Å². The van der Waals surface area contributed by atoms with Gasteiger partial charge in [-0.1, -0.05) is 61.5 Å². The lowest BCUT2D eigenvalue weighted by Crippen LogP contribution is -2.39. The van der Waals surface area contributed by atoms with E-state index in [1.54, 1.807) is 0 Å². The van der Waals surface area contributed by atoms with E-state index < -0.39 is 5.60 Å². The van der Waals surface area contributed by atoms with Crippen molar-refractivity contribution < 1.29 is 5.11 Å². The van der Waals surface area contributed by atoms with Crippen LogP contribution < -0.4 is 5.32 Å². The molecule has 0 aliphatic rings. The molecule has 2 atom stereocenters. The van der Waals surface area contributed by atoms with Gasteiger partial charge in [0, 0.05) is 6.54 Å². The molecule has 2 aromatic rings. The number of hydrogen-bond acceptors (Lipinski definition) is 2. The maximum Gasteiger partial charge on any atom is 0.0741 e. The van der Waals surface area contributed by atoms with Crippen molar-refractivity contribution in [2.75, 3.05) is 6.54 Å². The van der Waals surface area contributed by atoms with Crippen LogP contribution in [0.1, 0.15) is 43.0 Å². The summed E-state index contributed by atoms with van der Waals surface area (Å²) >= 11 is 0. The summed E-state index contributed by atoms with van der Waals surface area (Å²) in [5.74, 6) is 0. The van der Waals surface area contributed by atoms with Gasteiger partial charge in [-0.3, -0.25) is 0 Å². The van der Waals surface area contributed by atoms with E-state index in [1.807, 2.05) is 19.9 Å². The topological polar surface area (TPSA) is 32.3 Å². The predicted molar refractivity (Wildman–Crippen MR) is 88.4 cm³/mol. The number of rotatable bonds is 6. The van der Waals surface area contributed by atoms with Gasteiger partial charge in [0.05, 0.1) is 11.6 Å². The maximum atomic E-state index is 10.3. The summed E-state index contributed by atoms with van der Waals surface area (Å²) in [6.45, 7) is 6.58. The zero-order valence-corrected chi connectivity index (χ0v) is 13.1. The SMILES string of the molecule is CCC(C)(O)CNC(c1ccccc1)c1ccccc1C. The number of benzene rings is 2. The first-order valence-corrected chi connectivity index (χ1v) is 7.60. The van der Waals surface area contributed by atoms with E-state index in [9.17, 15) is 5.11 Å². The van der Waals surface area contributed by atoms with Gasteiger partial charge < -0.3 is 10.4 Å². The highest BCUT2D eigenvalue weighted by atomic mass is 16.3. The zero-order chi connectivity index (χ0) is 15.3. The Morgan fingerprint density at radius 1 is 1.05 bits per heavy atom. The van der Waals surface area contributed by atoms with E-state index in [0.717, 1.165) is 6.42 Å². The van der Waals surface area contributed by atoms with E-state index in [-0.39, 0.29) is 6.04 Å². The number of nitrogens with one attached hydrogen (secondary N) is 1. The quantitative estimate of drug-likeness (QED) is 0.844. The molecule has 0 aliphatic carbocycles. The van der Waals surface area contributed by atoms with E-state index in [1.165, 1.54) is 16.7 Å². The number of aryl methyl sites for hydroxylation is 1. The van der Waals surface area contributed by atoms with Crippen LogP contribution in [0.5, 0.6) is 0 Å². The normalized spacial score (nSPS) is 15.4. The average Bonchev–Trinajstić information content (AvgIpc) is 2.50. The molecule has 0 aromatic heterocycles. The van der Waals surface area contributed by atoms with Gasteiger partial charge in [-0.25, -0.2) is 0 Å². The fraction of sp³-hybridized carbons (Fsp3) is 0.368. The molecular formula is C19H25NO. The maximum absolute atomic E-state index is 10.3. The predicted octanol–water partition coefficient (Wildman–Crippen LogP) is 3.84. The minimum atomic E-state index is -0.685. The van der Waals surface area contributed by atoms with Crippen molar-refractivity contribution in [3.63, 3.8) is 0 Å². The Morgan fingerprint density at radius 2 is 1.67 bits per heavy atom. The van der Waals surface area contributed by atoms with E-state index in [0.29, 0.717) is 6.54 Å². The molecule has 0 bridgehead atoms. The van der Waals surface area contributed by atoms with Gasteiger partial charge in [0.15, 0.2) is 0 Å². The molecule has 21 heavy (non-hydrogen) atoms. The van der Waals surface area contributed by atoms with Gasteiger partial charge in [-0.05, 0) is 37.0 Å². The van der Waals surface area contributed by atoms with Crippen LogP contribution >= 0.6 is 0 Å². The Kier molecular flexibility index (Phi) is 5.16. The van der Waals surface area contributed by atoms with Crippen LogP contribution in [0, 0.1) is 6.92 Å². The van der Waals surface area contributed by atoms with Crippen molar-refractivity contribution >= 4 is 0 Å². The van der Waals surface area contributed by atoms with Crippen molar-refractivity contribution in [3.05, 3.63) is 71.3 Å². The van der Waals surface area contributed by atoms with Gasteiger partial charge in [0.1, 0.15) is 0 Å². The minimum absolute atomic E-state index is 0.102. The zero-order valence-electron chi connectivity index (χ0n) is 13.1. The summed E-state index contributed by atoms with van der Waals surface area (Å²) in [6.07, 6.45) is 0.731. The van der Waals surface area contributed by atoms with E-state index in [2.05, 4.69) is 60.8 Å². The molecule has 2 rings (SSSR count). The third-order valence-corrected chi connectivity index (χ3v) is 4.08. The van der Waals surface area contributed by atoms with Crippen molar-refractivity contribution in [2.45, 2.75) is 38.8 Å². The molecule has 2 unspecified atom stereocenters. The van der Waals surface area contributed by atoms with Gasteiger partial charge in [-0.15, -0.1) is 0 Å². The average molecular weight is 283 g/mol. The molecule has 0 spiro atoms. The summed E-state index contributed by atoms with van der Waals surface area (Å²) in [5.41, 5.74) is 3.06. The smallest absolute Gasteiger partial charge is 0.0741 e. The van der Waals surface area contributed by atoms with Crippen LogP contribution in [0.15, 0.2) is 54.6 Å². The molecule has 112 valence electrons. The van der Waals surface area contributed by atoms with Gasteiger partial charge >= 0.3 is 0 Å². The Balaban J connectivity index is 2.30. The van der Waals surface area contributed by atoms with Crippen LogP contribution in [0.25, 0.3) is 0 Å². The molecule has 0 heterocycles. The lowest BCUT2D eigenvalue weighted by atomic mass is 9.94. The first kappa shape index (κ1) is 15.7. The summed E-state index contributed by atoms with van der Waals surface area (Å²) in [6, 6.07) is 18.9. The van der Waals surface area contributed by atoms with Gasteiger partial charge in [0.25, 0.3) is 0 Å². The Morgan fingerprint density at radius 3 is 2.29 bits per heavy atom. The van der Waals surface area contributed by atoms with Gasteiger partial charge in [-0.2, -0.15) is 0 Å². The molecule has 2 N–H and O–H groups in total. The van der Waals surface area contributed by atoms with Crippen LogP contribution in [-0.4, -0.2) is 17.3 Å². The fourth-order valence-corrected chi connectivity index (χ4v) is 2.41. The third kappa shape index (κ3) is 4.16. The molecular weight excluding hydrogens is 258 g/mol. The summed E-state index contributed by atoms with van der Waals surface area (Å²) in [4.78, 5) is 0. The Bertz CT molecular complexity index is 563. The first-order valence-electron chi connectivity index (χ1n) is 7.60. The minimum Gasteiger partial charge on any atom is -0.389 e. The van der Waals surface area contributed by atoms with Crippen molar-refractivity contribution in [1.82, 2.24) is 5.32 Å². The fourth-order valence-electron chi connectivity index (χ4n) is 2.41. The molecule has 0 saturated heterocycles. The first-order chi connectivity index (χ1) is 10.0. The van der Waals surface area contributed by atoms with E-state index in [4.69, 9.17) is 0 Å². The molecule has 0 amide bonds. The van der Waals surface area contributed by atoms with Crippen molar-refractivity contribution in [2.24, 2.45) is 0 Å². The number of hydrogen-bond donors (Lipinski definition) is 2. The third-order valence-electron chi connectivity index (χ3n) is 4.08. The van der Waals surface area contributed by atoms with Crippen LogP contribution in [0.3, 0.4) is 0 Å². The molecule has 0 aliphatic heterocycles. The van der Waals surface area contributed by atoms with Gasteiger partial charge in [0.2, 0.25) is 0 Å². The second kappa shape index (κ2) is 6.88. The highest BCUT2D eigenvalue weighted by Crippen LogP contribution is 2.25. The number of aliphatic hydroxyl groups is 1. The summed E-state index contributed by atoms with van der Waals surface area (Å²) in [7, 11) is 0. The lowest BCUT2D eigenvalue weighted by molar-refractivity contribution is 0.0540. The lowest BCUT2D eigenvalue weighted by Gasteiger charge is -2.27. The highest BCUT2D eigenvalue weighted by Gasteiger charge is 2.22. The van der Waals surface area contributed by atoms with Crippen molar-refractivity contribution in [1.29, 1.82) is 0 Å². The molecule has 0 fully saturated rings.